The van der Waals surface area contributed by atoms with Gasteiger partial charge in [0, 0.05) is 26.9 Å². The fourth-order valence-electron chi connectivity index (χ4n) is 10.5. The van der Waals surface area contributed by atoms with E-state index in [9.17, 15) is 0 Å². The lowest BCUT2D eigenvalue weighted by Gasteiger charge is -2.35. The Hall–Kier alpha value is -7.68. The van der Waals surface area contributed by atoms with E-state index in [2.05, 4.69) is 200 Å². The molecule has 0 saturated heterocycles. The summed E-state index contributed by atoms with van der Waals surface area (Å²) in [5, 5.41) is 9.25. The van der Waals surface area contributed by atoms with Crippen molar-refractivity contribution in [1.29, 1.82) is 0 Å². The number of furan rings is 2. The average molecular weight is 751 g/mol. The Labute approximate surface area is 340 Å². The number of hydrogen-bond donors (Lipinski definition) is 0. The molecule has 0 spiro atoms. The molecular formula is C57H34O2. The summed E-state index contributed by atoms with van der Waals surface area (Å²) in [4.78, 5) is 0. The standard InChI is InChI=1S/C57H34O2/c1-3-15-39(16-4-1)57(40-17-5-2-6-18-40)49-23-11-9-21-45(49)54-47(38-29-30-44-43-20-10-12-24-50(43)58-52(44)34-38)32-37-27-26-36(33-48(37)55(54)57)41-22-13-25-51-53(41)46-31-28-35-14-7-8-19-42(35)56(46)59-51/h1-34H. The summed E-state index contributed by atoms with van der Waals surface area (Å²) < 4.78 is 13.2. The van der Waals surface area contributed by atoms with Crippen LogP contribution in [0.5, 0.6) is 0 Å². The van der Waals surface area contributed by atoms with Crippen LogP contribution in [0, 0.1) is 0 Å². The number of fused-ring (bicyclic) bond motifs is 13. The van der Waals surface area contributed by atoms with Crippen LogP contribution in [0.3, 0.4) is 0 Å². The number of hydrogen-bond acceptors (Lipinski definition) is 2. The van der Waals surface area contributed by atoms with Crippen molar-refractivity contribution in [2.24, 2.45) is 0 Å². The fraction of sp³-hybridized carbons (Fsp3) is 0.0175. The first-order valence-corrected chi connectivity index (χ1v) is 20.3. The van der Waals surface area contributed by atoms with Gasteiger partial charge in [0.2, 0.25) is 0 Å². The molecule has 0 saturated carbocycles. The fourth-order valence-corrected chi connectivity index (χ4v) is 10.5. The van der Waals surface area contributed by atoms with Gasteiger partial charge in [0.05, 0.1) is 5.41 Å². The van der Waals surface area contributed by atoms with E-state index in [4.69, 9.17) is 8.83 Å². The first-order chi connectivity index (χ1) is 29.3. The molecule has 0 N–H and O–H groups in total. The van der Waals surface area contributed by atoms with E-state index >= 15 is 0 Å². The first kappa shape index (κ1) is 32.4. The molecular weight excluding hydrogens is 717 g/mol. The summed E-state index contributed by atoms with van der Waals surface area (Å²) in [6.45, 7) is 0. The highest BCUT2D eigenvalue weighted by molar-refractivity contribution is 6.19. The van der Waals surface area contributed by atoms with Crippen molar-refractivity contribution in [1.82, 2.24) is 0 Å². The van der Waals surface area contributed by atoms with Gasteiger partial charge >= 0.3 is 0 Å². The molecule has 12 aromatic rings. The molecule has 2 heteroatoms. The lowest BCUT2D eigenvalue weighted by Crippen LogP contribution is -2.28. The highest BCUT2D eigenvalue weighted by atomic mass is 16.3. The van der Waals surface area contributed by atoms with Crippen molar-refractivity contribution in [3.05, 3.63) is 229 Å². The van der Waals surface area contributed by atoms with Gasteiger partial charge in [-0.3, -0.25) is 0 Å². The molecule has 13 rings (SSSR count). The van der Waals surface area contributed by atoms with Crippen LogP contribution in [0.4, 0.5) is 0 Å². The Morgan fingerprint density at radius 1 is 0.339 bits per heavy atom. The van der Waals surface area contributed by atoms with Crippen molar-refractivity contribution < 1.29 is 8.83 Å². The van der Waals surface area contributed by atoms with Crippen LogP contribution < -0.4 is 0 Å². The van der Waals surface area contributed by atoms with Crippen molar-refractivity contribution in [3.63, 3.8) is 0 Å². The van der Waals surface area contributed by atoms with Crippen molar-refractivity contribution in [3.8, 4) is 33.4 Å². The topological polar surface area (TPSA) is 26.3 Å². The zero-order valence-corrected chi connectivity index (χ0v) is 31.9. The second kappa shape index (κ2) is 12.2. The third-order valence-electron chi connectivity index (χ3n) is 12.9. The van der Waals surface area contributed by atoms with E-state index in [0.29, 0.717) is 0 Å². The van der Waals surface area contributed by atoms with Gasteiger partial charge in [0.1, 0.15) is 22.3 Å². The van der Waals surface area contributed by atoms with Crippen molar-refractivity contribution in [2.75, 3.05) is 0 Å². The average Bonchev–Trinajstić information content (AvgIpc) is 3.98. The highest BCUT2D eigenvalue weighted by Crippen LogP contribution is 2.61. The van der Waals surface area contributed by atoms with E-state index in [1.165, 1.54) is 55.1 Å². The number of rotatable bonds is 4. The summed E-state index contributed by atoms with van der Waals surface area (Å²) in [6.07, 6.45) is 0. The lowest BCUT2D eigenvalue weighted by atomic mass is 9.66. The van der Waals surface area contributed by atoms with E-state index in [0.717, 1.165) is 66.0 Å². The Balaban J connectivity index is 1.16. The van der Waals surface area contributed by atoms with E-state index in [1.54, 1.807) is 0 Å². The van der Waals surface area contributed by atoms with Crippen molar-refractivity contribution >= 4 is 65.4 Å². The van der Waals surface area contributed by atoms with E-state index < -0.39 is 5.41 Å². The minimum Gasteiger partial charge on any atom is -0.456 e. The van der Waals surface area contributed by atoms with Gasteiger partial charge in [-0.15, -0.1) is 0 Å². The summed E-state index contributed by atoms with van der Waals surface area (Å²) in [7, 11) is 0. The molecule has 10 aromatic carbocycles. The zero-order valence-electron chi connectivity index (χ0n) is 31.9. The van der Waals surface area contributed by atoms with Crippen LogP contribution in [0.2, 0.25) is 0 Å². The zero-order chi connectivity index (χ0) is 38.7. The second-order valence-electron chi connectivity index (χ2n) is 15.9. The van der Waals surface area contributed by atoms with Gasteiger partial charge < -0.3 is 8.83 Å². The Kier molecular flexibility index (Phi) is 6.68. The SMILES string of the molecule is c1ccc(C2(c3ccccc3)c3ccccc3-c3c(-c4ccc5c(c4)oc4ccccc45)cc4ccc(-c5cccc6oc7c8ccccc8ccc7c56)cc4c32)cc1. The molecule has 0 aliphatic heterocycles. The molecule has 0 fully saturated rings. The van der Waals surface area contributed by atoms with Gasteiger partial charge in [-0.05, 0) is 114 Å². The van der Waals surface area contributed by atoms with E-state index in [1.807, 2.05) is 6.07 Å². The largest absolute Gasteiger partial charge is 0.456 e. The lowest BCUT2D eigenvalue weighted by molar-refractivity contribution is 0.669. The van der Waals surface area contributed by atoms with Crippen LogP contribution in [0.15, 0.2) is 215 Å². The molecule has 2 aromatic heterocycles. The Morgan fingerprint density at radius 3 is 1.81 bits per heavy atom. The molecule has 1 aliphatic rings. The molecule has 0 unspecified atom stereocenters. The molecule has 1 aliphatic carbocycles. The van der Waals surface area contributed by atoms with Crippen LogP contribution >= 0.6 is 0 Å². The van der Waals surface area contributed by atoms with Gasteiger partial charge in [-0.25, -0.2) is 0 Å². The summed E-state index contributed by atoms with van der Waals surface area (Å²) in [5.41, 5.74) is 15.2. The third kappa shape index (κ3) is 4.46. The first-order valence-electron chi connectivity index (χ1n) is 20.3. The van der Waals surface area contributed by atoms with Gasteiger partial charge in [0.15, 0.2) is 0 Å². The predicted molar refractivity (Wildman–Crippen MR) is 244 cm³/mol. The smallest absolute Gasteiger partial charge is 0.143 e. The Morgan fingerprint density at radius 2 is 0.966 bits per heavy atom. The van der Waals surface area contributed by atoms with Gasteiger partial charge in [0.25, 0.3) is 0 Å². The molecule has 2 nitrogen and oxygen atoms in total. The minimum atomic E-state index is -0.599. The molecule has 0 bridgehead atoms. The number of para-hydroxylation sites is 1. The third-order valence-corrected chi connectivity index (χ3v) is 12.9. The van der Waals surface area contributed by atoms with Crippen LogP contribution in [-0.4, -0.2) is 0 Å². The Bertz CT molecular complexity index is 3620. The van der Waals surface area contributed by atoms with Crippen LogP contribution in [0.1, 0.15) is 22.3 Å². The molecule has 0 amide bonds. The van der Waals surface area contributed by atoms with Crippen LogP contribution in [-0.2, 0) is 5.41 Å². The van der Waals surface area contributed by atoms with Crippen molar-refractivity contribution in [2.45, 2.75) is 5.41 Å². The van der Waals surface area contributed by atoms with Gasteiger partial charge in [-0.2, -0.15) is 0 Å². The normalized spacial score (nSPS) is 13.2. The van der Waals surface area contributed by atoms with Gasteiger partial charge in [-0.1, -0.05) is 164 Å². The molecule has 0 atom stereocenters. The summed E-state index contributed by atoms with van der Waals surface area (Å²) >= 11 is 0. The van der Waals surface area contributed by atoms with E-state index in [-0.39, 0.29) is 0 Å². The summed E-state index contributed by atoms with van der Waals surface area (Å²) in [6, 6.07) is 75.2. The maximum absolute atomic E-state index is 6.69. The predicted octanol–water partition coefficient (Wildman–Crippen LogP) is 15.5. The van der Waals surface area contributed by atoms with Crippen LogP contribution in [0.25, 0.3) is 98.8 Å². The molecule has 59 heavy (non-hydrogen) atoms. The quantitative estimate of drug-likeness (QED) is 0.179. The minimum absolute atomic E-state index is 0.599. The number of benzene rings is 10. The maximum atomic E-state index is 6.69. The highest BCUT2D eigenvalue weighted by Gasteiger charge is 2.48. The monoisotopic (exact) mass is 750 g/mol. The summed E-state index contributed by atoms with van der Waals surface area (Å²) in [5.74, 6) is 0. The molecule has 0 radical (unpaired) electrons. The maximum Gasteiger partial charge on any atom is 0.143 e. The molecule has 2 heterocycles. The molecule has 274 valence electrons. The second-order valence-corrected chi connectivity index (χ2v) is 15.9.